The number of hydrogen-bond donors (Lipinski definition) is 0. The number of aryl methyl sites for hydroxylation is 2. The molecule has 0 aliphatic carbocycles. The number of aromatic nitrogens is 2. The van der Waals surface area contributed by atoms with Crippen LogP contribution in [0.4, 0.5) is 10.1 Å². The molecule has 0 aliphatic rings. The topological polar surface area (TPSA) is 61.0 Å². The van der Waals surface area contributed by atoms with Crippen LogP contribution in [0.2, 0.25) is 0 Å². The van der Waals surface area contributed by atoms with E-state index in [0.717, 1.165) is 5.56 Å². The quantitative estimate of drug-likeness (QED) is 0.518. The lowest BCUT2D eigenvalue weighted by Gasteiger charge is -2.05. The standard InChI is InChI=1S/C15H11BrFN3O2/c16-12-7-11-9-18-19(15(11)14(8-12)20(21)22)6-5-10-1-3-13(17)4-2-10/h1-4,7-9H,5-6H2. The summed E-state index contributed by atoms with van der Waals surface area (Å²) in [6.45, 7) is 0.484. The first-order valence-corrected chi connectivity index (χ1v) is 7.38. The Morgan fingerprint density at radius 2 is 2.00 bits per heavy atom. The van der Waals surface area contributed by atoms with Gasteiger partial charge >= 0.3 is 0 Å². The van der Waals surface area contributed by atoms with Crippen LogP contribution in [0, 0.1) is 15.9 Å². The largest absolute Gasteiger partial charge is 0.296 e. The zero-order valence-electron chi connectivity index (χ0n) is 11.4. The molecule has 0 N–H and O–H groups in total. The summed E-state index contributed by atoms with van der Waals surface area (Å²) in [6, 6.07) is 9.46. The van der Waals surface area contributed by atoms with Gasteiger partial charge in [-0.25, -0.2) is 4.39 Å². The minimum atomic E-state index is -0.414. The van der Waals surface area contributed by atoms with E-state index in [1.807, 2.05) is 0 Å². The van der Waals surface area contributed by atoms with Crippen LogP contribution in [0.3, 0.4) is 0 Å². The smallest absolute Gasteiger partial charge is 0.258 e. The Bertz CT molecular complexity index is 846. The monoisotopic (exact) mass is 363 g/mol. The Hall–Kier alpha value is -2.28. The second-order valence-corrected chi connectivity index (χ2v) is 5.78. The third kappa shape index (κ3) is 2.85. The number of nitro benzene ring substituents is 1. The molecule has 7 heteroatoms. The van der Waals surface area contributed by atoms with Gasteiger partial charge in [-0.05, 0) is 30.2 Å². The van der Waals surface area contributed by atoms with E-state index in [-0.39, 0.29) is 11.5 Å². The Balaban J connectivity index is 1.94. The fourth-order valence-corrected chi connectivity index (χ4v) is 2.83. The molecule has 0 spiro atoms. The lowest BCUT2D eigenvalue weighted by molar-refractivity contribution is -0.383. The van der Waals surface area contributed by atoms with Crippen LogP contribution in [0.25, 0.3) is 10.9 Å². The molecule has 0 bridgehead atoms. The highest BCUT2D eigenvalue weighted by molar-refractivity contribution is 9.10. The maximum atomic E-state index is 12.9. The van der Waals surface area contributed by atoms with Gasteiger partial charge in [-0.3, -0.25) is 14.8 Å². The first kappa shape index (κ1) is 14.6. The number of halogens is 2. The van der Waals surface area contributed by atoms with E-state index in [1.165, 1.54) is 18.2 Å². The number of non-ortho nitro benzene ring substituents is 1. The number of rotatable bonds is 4. The molecule has 1 heterocycles. The van der Waals surface area contributed by atoms with Gasteiger partial charge in [-0.1, -0.05) is 28.1 Å². The average molecular weight is 364 g/mol. The van der Waals surface area contributed by atoms with E-state index in [4.69, 9.17) is 0 Å². The molecular formula is C15H11BrFN3O2. The minimum Gasteiger partial charge on any atom is -0.258 e. The molecule has 0 amide bonds. The molecule has 0 radical (unpaired) electrons. The Labute approximate surface area is 133 Å². The molecular weight excluding hydrogens is 353 g/mol. The first-order chi connectivity index (χ1) is 10.5. The van der Waals surface area contributed by atoms with Crippen LogP contribution in [0.5, 0.6) is 0 Å². The molecule has 112 valence electrons. The zero-order valence-corrected chi connectivity index (χ0v) is 13.0. The number of nitro groups is 1. The van der Waals surface area contributed by atoms with Gasteiger partial charge in [-0.2, -0.15) is 5.10 Å². The van der Waals surface area contributed by atoms with Crippen molar-refractivity contribution < 1.29 is 9.31 Å². The van der Waals surface area contributed by atoms with Gasteiger partial charge in [0.2, 0.25) is 0 Å². The summed E-state index contributed by atoms with van der Waals surface area (Å²) in [5, 5.41) is 16.2. The summed E-state index contributed by atoms with van der Waals surface area (Å²) >= 11 is 3.27. The van der Waals surface area contributed by atoms with Crippen LogP contribution >= 0.6 is 15.9 Å². The summed E-state index contributed by atoms with van der Waals surface area (Å²) in [7, 11) is 0. The van der Waals surface area contributed by atoms with Gasteiger partial charge in [0.05, 0.1) is 11.1 Å². The molecule has 0 saturated carbocycles. The molecule has 1 aromatic heterocycles. The molecule has 0 atom stereocenters. The SMILES string of the molecule is O=[N+]([O-])c1cc(Br)cc2cnn(CCc3ccc(F)cc3)c12. The predicted octanol–water partition coefficient (Wildman–Crippen LogP) is 4.09. The van der Waals surface area contributed by atoms with Crippen molar-refractivity contribution in [3.05, 3.63) is 68.6 Å². The van der Waals surface area contributed by atoms with Crippen molar-refractivity contribution in [2.45, 2.75) is 13.0 Å². The predicted molar refractivity (Wildman–Crippen MR) is 84.2 cm³/mol. The minimum absolute atomic E-state index is 0.0148. The highest BCUT2D eigenvalue weighted by Gasteiger charge is 2.18. The summed E-state index contributed by atoms with van der Waals surface area (Å²) in [5.74, 6) is -0.284. The van der Waals surface area contributed by atoms with Gasteiger partial charge in [0, 0.05) is 22.5 Å². The zero-order chi connectivity index (χ0) is 15.7. The Kier molecular flexibility index (Phi) is 3.89. The van der Waals surface area contributed by atoms with Crippen molar-refractivity contribution >= 4 is 32.5 Å². The maximum absolute atomic E-state index is 12.9. The Morgan fingerprint density at radius 1 is 1.27 bits per heavy atom. The number of nitrogens with zero attached hydrogens (tertiary/aromatic N) is 3. The fraction of sp³-hybridized carbons (Fsp3) is 0.133. The number of fused-ring (bicyclic) bond motifs is 1. The van der Waals surface area contributed by atoms with Gasteiger partial charge in [-0.15, -0.1) is 0 Å². The first-order valence-electron chi connectivity index (χ1n) is 6.58. The van der Waals surface area contributed by atoms with Crippen LogP contribution in [-0.2, 0) is 13.0 Å². The second kappa shape index (κ2) is 5.84. The van der Waals surface area contributed by atoms with E-state index in [2.05, 4.69) is 21.0 Å². The van der Waals surface area contributed by atoms with Gasteiger partial charge < -0.3 is 0 Å². The number of hydrogen-bond acceptors (Lipinski definition) is 3. The van der Waals surface area contributed by atoms with E-state index >= 15 is 0 Å². The summed E-state index contributed by atoms with van der Waals surface area (Å²) in [5.41, 5.74) is 1.46. The molecule has 2 aromatic carbocycles. The van der Waals surface area contributed by atoms with Gasteiger partial charge in [0.25, 0.3) is 5.69 Å². The van der Waals surface area contributed by atoms with Crippen LogP contribution in [0.1, 0.15) is 5.56 Å². The lowest BCUT2D eigenvalue weighted by Crippen LogP contribution is -2.04. The molecule has 0 aliphatic heterocycles. The van der Waals surface area contributed by atoms with Crippen molar-refractivity contribution in [1.29, 1.82) is 0 Å². The highest BCUT2D eigenvalue weighted by atomic mass is 79.9. The number of benzene rings is 2. The molecule has 5 nitrogen and oxygen atoms in total. The summed E-state index contributed by atoms with van der Waals surface area (Å²) in [4.78, 5) is 10.8. The van der Waals surface area contributed by atoms with Crippen molar-refractivity contribution in [2.75, 3.05) is 0 Å². The second-order valence-electron chi connectivity index (χ2n) is 4.86. The molecule has 0 fully saturated rings. The average Bonchev–Trinajstić information content (AvgIpc) is 2.88. The molecule has 0 saturated heterocycles. The molecule has 3 rings (SSSR count). The van der Waals surface area contributed by atoms with Crippen LogP contribution < -0.4 is 0 Å². The van der Waals surface area contributed by atoms with Gasteiger partial charge in [0.1, 0.15) is 11.3 Å². The fourth-order valence-electron chi connectivity index (χ4n) is 2.37. The van der Waals surface area contributed by atoms with E-state index in [1.54, 1.807) is 29.1 Å². The normalized spacial score (nSPS) is 11.0. The molecule has 0 unspecified atom stereocenters. The van der Waals surface area contributed by atoms with Crippen molar-refractivity contribution in [1.82, 2.24) is 9.78 Å². The lowest BCUT2D eigenvalue weighted by atomic mass is 10.1. The van der Waals surface area contributed by atoms with Crippen molar-refractivity contribution in [3.63, 3.8) is 0 Å². The van der Waals surface area contributed by atoms with Crippen molar-refractivity contribution in [2.24, 2.45) is 0 Å². The maximum Gasteiger partial charge on any atom is 0.296 e. The third-order valence-corrected chi connectivity index (χ3v) is 3.86. The highest BCUT2D eigenvalue weighted by Crippen LogP contribution is 2.30. The summed E-state index contributed by atoms with van der Waals surface area (Å²) in [6.07, 6.45) is 2.22. The molecule has 3 aromatic rings. The van der Waals surface area contributed by atoms with E-state index in [9.17, 15) is 14.5 Å². The summed E-state index contributed by atoms with van der Waals surface area (Å²) < 4.78 is 15.1. The Morgan fingerprint density at radius 3 is 2.68 bits per heavy atom. The van der Waals surface area contributed by atoms with Crippen molar-refractivity contribution in [3.8, 4) is 0 Å². The third-order valence-electron chi connectivity index (χ3n) is 3.40. The molecule has 22 heavy (non-hydrogen) atoms. The van der Waals surface area contributed by atoms with E-state index < -0.39 is 4.92 Å². The van der Waals surface area contributed by atoms with Crippen LogP contribution in [0.15, 0.2) is 47.1 Å². The van der Waals surface area contributed by atoms with E-state index in [0.29, 0.717) is 28.3 Å². The van der Waals surface area contributed by atoms with Crippen LogP contribution in [-0.4, -0.2) is 14.7 Å². The van der Waals surface area contributed by atoms with Gasteiger partial charge in [0.15, 0.2) is 0 Å².